The standard InChI is InChI=1S/C16H31NO2S/c1-11-6-5-7-14(9-11)20(18,19)16-13(3)8-12(2)10-15(16)17-4/h11-17H,5-10H2,1-4H3. The van der Waals surface area contributed by atoms with E-state index < -0.39 is 9.84 Å². The van der Waals surface area contributed by atoms with E-state index in [1.165, 1.54) is 6.42 Å². The van der Waals surface area contributed by atoms with Gasteiger partial charge >= 0.3 is 0 Å². The lowest BCUT2D eigenvalue weighted by Crippen LogP contribution is -2.53. The maximum Gasteiger partial charge on any atom is 0.157 e. The molecule has 0 amide bonds. The molecule has 6 atom stereocenters. The van der Waals surface area contributed by atoms with Crippen LogP contribution in [0.3, 0.4) is 0 Å². The highest BCUT2D eigenvalue weighted by atomic mass is 32.2. The molecule has 2 saturated carbocycles. The van der Waals surface area contributed by atoms with Crippen LogP contribution in [0.5, 0.6) is 0 Å². The van der Waals surface area contributed by atoms with Gasteiger partial charge in [0.2, 0.25) is 0 Å². The summed E-state index contributed by atoms with van der Waals surface area (Å²) in [5.41, 5.74) is 0. The van der Waals surface area contributed by atoms with Crippen molar-refractivity contribution in [1.29, 1.82) is 0 Å². The van der Waals surface area contributed by atoms with Crippen molar-refractivity contribution in [1.82, 2.24) is 5.32 Å². The molecule has 0 saturated heterocycles. The molecule has 118 valence electrons. The smallest absolute Gasteiger partial charge is 0.157 e. The second-order valence-electron chi connectivity index (χ2n) is 7.40. The van der Waals surface area contributed by atoms with E-state index >= 15 is 0 Å². The maximum atomic E-state index is 13.1. The van der Waals surface area contributed by atoms with Crippen molar-refractivity contribution in [2.45, 2.75) is 75.8 Å². The van der Waals surface area contributed by atoms with Crippen molar-refractivity contribution in [3.05, 3.63) is 0 Å². The van der Waals surface area contributed by atoms with Crippen molar-refractivity contribution in [3.8, 4) is 0 Å². The zero-order valence-electron chi connectivity index (χ0n) is 13.4. The highest BCUT2D eigenvalue weighted by molar-refractivity contribution is 7.92. The van der Waals surface area contributed by atoms with Gasteiger partial charge in [-0.15, -0.1) is 0 Å². The van der Waals surface area contributed by atoms with E-state index in [0.717, 1.165) is 32.1 Å². The molecule has 3 nitrogen and oxygen atoms in total. The zero-order valence-corrected chi connectivity index (χ0v) is 14.2. The van der Waals surface area contributed by atoms with Gasteiger partial charge in [0.1, 0.15) is 0 Å². The Morgan fingerprint density at radius 1 is 0.950 bits per heavy atom. The molecule has 2 aliphatic rings. The third-order valence-corrected chi connectivity index (χ3v) is 8.40. The van der Waals surface area contributed by atoms with Gasteiger partial charge in [0.05, 0.1) is 10.5 Å². The molecular formula is C16H31NO2S. The van der Waals surface area contributed by atoms with E-state index in [-0.39, 0.29) is 22.5 Å². The third kappa shape index (κ3) is 3.22. The molecule has 2 aliphatic carbocycles. The number of hydrogen-bond donors (Lipinski definition) is 1. The highest BCUT2D eigenvalue weighted by Gasteiger charge is 2.45. The summed E-state index contributed by atoms with van der Waals surface area (Å²) in [7, 11) is -1.10. The Hall–Kier alpha value is -0.0900. The number of rotatable bonds is 3. The zero-order chi connectivity index (χ0) is 14.9. The Morgan fingerprint density at radius 3 is 2.25 bits per heavy atom. The van der Waals surface area contributed by atoms with Crippen molar-refractivity contribution < 1.29 is 8.42 Å². The Morgan fingerprint density at radius 2 is 1.65 bits per heavy atom. The van der Waals surface area contributed by atoms with Gasteiger partial charge in [-0.2, -0.15) is 0 Å². The molecule has 4 heteroatoms. The predicted molar refractivity (Wildman–Crippen MR) is 84.5 cm³/mol. The fourth-order valence-electron chi connectivity index (χ4n) is 4.56. The fraction of sp³-hybridized carbons (Fsp3) is 1.00. The van der Waals surface area contributed by atoms with Gasteiger partial charge in [-0.25, -0.2) is 8.42 Å². The first-order valence-corrected chi connectivity index (χ1v) is 9.87. The first kappa shape index (κ1) is 16.3. The molecule has 1 N–H and O–H groups in total. The first-order chi connectivity index (χ1) is 9.36. The molecule has 0 aromatic heterocycles. The second-order valence-corrected chi connectivity index (χ2v) is 9.79. The van der Waals surface area contributed by atoms with Crippen LogP contribution in [0.4, 0.5) is 0 Å². The predicted octanol–water partition coefficient (Wildman–Crippen LogP) is 3.00. The Labute approximate surface area is 124 Å². The van der Waals surface area contributed by atoms with Crippen LogP contribution in [0, 0.1) is 17.8 Å². The van der Waals surface area contributed by atoms with Gasteiger partial charge in [0, 0.05) is 6.04 Å². The molecule has 0 spiro atoms. The number of nitrogens with one attached hydrogen (secondary N) is 1. The minimum absolute atomic E-state index is 0.0945. The van der Waals surface area contributed by atoms with Crippen molar-refractivity contribution >= 4 is 9.84 Å². The topological polar surface area (TPSA) is 46.2 Å². The van der Waals surface area contributed by atoms with Crippen LogP contribution in [0.15, 0.2) is 0 Å². The summed E-state index contributed by atoms with van der Waals surface area (Å²) in [6, 6.07) is 0.135. The summed E-state index contributed by atoms with van der Waals surface area (Å²) >= 11 is 0. The average Bonchev–Trinajstić information content (AvgIpc) is 2.37. The Kier molecular flexibility index (Phi) is 5.17. The van der Waals surface area contributed by atoms with Crippen molar-refractivity contribution in [3.63, 3.8) is 0 Å². The lowest BCUT2D eigenvalue weighted by atomic mass is 9.80. The molecular weight excluding hydrogens is 270 g/mol. The van der Waals surface area contributed by atoms with Crippen LogP contribution in [0.2, 0.25) is 0 Å². The van der Waals surface area contributed by atoms with Crippen LogP contribution in [0.25, 0.3) is 0 Å². The van der Waals surface area contributed by atoms with E-state index in [0.29, 0.717) is 11.8 Å². The second kappa shape index (κ2) is 6.35. The Bertz CT molecular complexity index is 420. The molecule has 0 bridgehead atoms. The van der Waals surface area contributed by atoms with Gasteiger partial charge < -0.3 is 5.32 Å². The summed E-state index contributed by atoms with van der Waals surface area (Å²) in [4.78, 5) is 0. The van der Waals surface area contributed by atoms with Gasteiger partial charge in [-0.3, -0.25) is 0 Å². The molecule has 0 aromatic carbocycles. The van der Waals surface area contributed by atoms with Crippen molar-refractivity contribution in [2.75, 3.05) is 7.05 Å². The van der Waals surface area contributed by atoms with Gasteiger partial charge in [0.25, 0.3) is 0 Å². The van der Waals surface area contributed by atoms with Crippen LogP contribution in [-0.2, 0) is 9.84 Å². The van der Waals surface area contributed by atoms with E-state index in [4.69, 9.17) is 0 Å². The minimum Gasteiger partial charge on any atom is -0.316 e. The van der Waals surface area contributed by atoms with E-state index in [1.807, 2.05) is 7.05 Å². The molecule has 0 aromatic rings. The molecule has 0 heterocycles. The largest absolute Gasteiger partial charge is 0.316 e. The highest BCUT2D eigenvalue weighted by Crippen LogP contribution is 2.38. The van der Waals surface area contributed by atoms with E-state index in [9.17, 15) is 8.42 Å². The lowest BCUT2D eigenvalue weighted by Gasteiger charge is -2.41. The van der Waals surface area contributed by atoms with Gasteiger partial charge in [0.15, 0.2) is 9.84 Å². The summed E-state index contributed by atoms with van der Waals surface area (Å²) in [6.45, 7) is 6.57. The third-order valence-electron chi connectivity index (χ3n) is 5.49. The number of sulfone groups is 1. The quantitative estimate of drug-likeness (QED) is 0.871. The number of hydrogen-bond acceptors (Lipinski definition) is 3. The van der Waals surface area contributed by atoms with Crippen LogP contribution >= 0.6 is 0 Å². The minimum atomic E-state index is -3.01. The average molecular weight is 301 g/mol. The van der Waals surface area contributed by atoms with Gasteiger partial charge in [-0.1, -0.05) is 33.6 Å². The SMILES string of the molecule is CNC1CC(C)CC(C)C1S(=O)(=O)C1CCCC(C)C1. The van der Waals surface area contributed by atoms with E-state index in [2.05, 4.69) is 26.1 Å². The first-order valence-electron chi connectivity index (χ1n) is 8.26. The van der Waals surface area contributed by atoms with Crippen LogP contribution < -0.4 is 5.32 Å². The molecule has 2 fully saturated rings. The molecule has 20 heavy (non-hydrogen) atoms. The monoisotopic (exact) mass is 301 g/mol. The van der Waals surface area contributed by atoms with Crippen molar-refractivity contribution in [2.24, 2.45) is 17.8 Å². The summed E-state index contributed by atoms with van der Waals surface area (Å²) in [6.07, 6.45) is 6.06. The van der Waals surface area contributed by atoms with E-state index in [1.54, 1.807) is 0 Å². The fourth-order valence-corrected chi connectivity index (χ4v) is 7.56. The summed E-state index contributed by atoms with van der Waals surface area (Å²) < 4.78 is 26.3. The summed E-state index contributed by atoms with van der Waals surface area (Å²) in [5.74, 6) is 1.46. The van der Waals surface area contributed by atoms with Gasteiger partial charge in [-0.05, 0) is 50.5 Å². The lowest BCUT2D eigenvalue weighted by molar-refractivity contribution is 0.246. The van der Waals surface area contributed by atoms with Crippen LogP contribution in [-0.4, -0.2) is 32.0 Å². The van der Waals surface area contributed by atoms with Crippen LogP contribution in [0.1, 0.15) is 59.3 Å². The Balaban J connectivity index is 2.22. The molecule has 0 aliphatic heterocycles. The summed E-state index contributed by atoms with van der Waals surface area (Å²) in [5, 5.41) is 3.02. The molecule has 6 unspecified atom stereocenters. The maximum absolute atomic E-state index is 13.1. The molecule has 0 radical (unpaired) electrons. The normalized spacial score (nSPS) is 43.4. The molecule has 2 rings (SSSR count).